The van der Waals surface area contributed by atoms with Crippen molar-refractivity contribution in [1.29, 1.82) is 0 Å². The van der Waals surface area contributed by atoms with Crippen molar-refractivity contribution in [3.05, 3.63) is 34.3 Å². The van der Waals surface area contributed by atoms with Crippen molar-refractivity contribution in [1.82, 2.24) is 5.32 Å². The molecule has 0 aliphatic rings. The van der Waals surface area contributed by atoms with Crippen LogP contribution < -0.4 is 5.32 Å². The fraction of sp³-hybridized carbons (Fsp3) is 0.222. The van der Waals surface area contributed by atoms with Gasteiger partial charge in [0.15, 0.2) is 0 Å². The van der Waals surface area contributed by atoms with Crippen molar-refractivity contribution < 1.29 is 9.90 Å². The molecule has 4 heteroatoms. The van der Waals surface area contributed by atoms with E-state index in [0.717, 1.165) is 10.0 Å². The molecule has 0 spiro atoms. The lowest BCUT2D eigenvalue weighted by atomic mass is 10.1. The zero-order valence-electron chi connectivity index (χ0n) is 7.12. The molecule has 0 unspecified atom stereocenters. The first-order chi connectivity index (χ1) is 6.15. The smallest absolute Gasteiger partial charge is 0.325 e. The Hall–Kier alpha value is -0.870. The number of benzene rings is 1. The molecule has 1 aromatic rings. The summed E-state index contributed by atoms with van der Waals surface area (Å²) in [6.45, 7) is 0. The third-order valence-corrected chi connectivity index (χ3v) is 2.27. The molecule has 3 nitrogen and oxygen atoms in total. The Balaban J connectivity index is 2.92. The van der Waals surface area contributed by atoms with E-state index >= 15 is 0 Å². The summed E-state index contributed by atoms with van der Waals surface area (Å²) in [4.78, 5) is 10.7. The maximum absolute atomic E-state index is 10.7. The largest absolute Gasteiger partial charge is 0.480 e. The maximum atomic E-state index is 10.7. The molecule has 0 aromatic heterocycles. The second kappa shape index (κ2) is 4.39. The van der Waals surface area contributed by atoms with E-state index in [1.54, 1.807) is 19.2 Å². The van der Waals surface area contributed by atoms with E-state index in [1.165, 1.54) is 0 Å². The Morgan fingerprint density at radius 3 is 2.38 bits per heavy atom. The fourth-order valence-electron chi connectivity index (χ4n) is 1.09. The Kier molecular flexibility index (Phi) is 3.45. The Morgan fingerprint density at radius 2 is 2.00 bits per heavy atom. The summed E-state index contributed by atoms with van der Waals surface area (Å²) in [5.41, 5.74) is 0.748. The topological polar surface area (TPSA) is 49.3 Å². The van der Waals surface area contributed by atoms with Crippen LogP contribution >= 0.6 is 15.9 Å². The molecule has 0 aliphatic carbocycles. The quantitative estimate of drug-likeness (QED) is 0.852. The van der Waals surface area contributed by atoms with Crippen LogP contribution in [0.1, 0.15) is 11.6 Å². The number of hydrogen-bond acceptors (Lipinski definition) is 2. The van der Waals surface area contributed by atoms with Gasteiger partial charge in [0.1, 0.15) is 6.04 Å². The molecule has 13 heavy (non-hydrogen) atoms. The highest BCUT2D eigenvalue weighted by molar-refractivity contribution is 9.10. The molecule has 1 rings (SSSR count). The second-order valence-corrected chi connectivity index (χ2v) is 3.53. The molecule has 0 amide bonds. The van der Waals surface area contributed by atoms with E-state index in [1.807, 2.05) is 12.1 Å². The van der Waals surface area contributed by atoms with Crippen LogP contribution in [0, 0.1) is 0 Å². The van der Waals surface area contributed by atoms with Crippen LogP contribution in [0.4, 0.5) is 0 Å². The predicted molar refractivity (Wildman–Crippen MR) is 53.6 cm³/mol. The highest BCUT2D eigenvalue weighted by Gasteiger charge is 2.16. The fourth-order valence-corrected chi connectivity index (χ4v) is 1.35. The number of carbonyl (C=O) groups is 1. The van der Waals surface area contributed by atoms with Gasteiger partial charge in [0, 0.05) is 4.47 Å². The maximum Gasteiger partial charge on any atom is 0.325 e. The van der Waals surface area contributed by atoms with Gasteiger partial charge in [-0.15, -0.1) is 0 Å². The lowest BCUT2D eigenvalue weighted by molar-refractivity contribution is -0.139. The van der Waals surface area contributed by atoms with E-state index in [9.17, 15) is 4.79 Å². The molecule has 0 saturated heterocycles. The number of rotatable bonds is 3. The monoisotopic (exact) mass is 243 g/mol. The van der Waals surface area contributed by atoms with Gasteiger partial charge < -0.3 is 10.4 Å². The minimum atomic E-state index is -0.871. The van der Waals surface area contributed by atoms with Gasteiger partial charge in [-0.25, -0.2) is 0 Å². The lowest BCUT2D eigenvalue weighted by Crippen LogP contribution is -2.24. The van der Waals surface area contributed by atoms with Crippen molar-refractivity contribution in [2.45, 2.75) is 6.04 Å². The summed E-state index contributed by atoms with van der Waals surface area (Å²) in [5, 5.41) is 11.5. The van der Waals surface area contributed by atoms with Crippen LogP contribution in [0.5, 0.6) is 0 Å². The van der Waals surface area contributed by atoms with Crippen molar-refractivity contribution in [2.75, 3.05) is 7.05 Å². The van der Waals surface area contributed by atoms with E-state index < -0.39 is 12.0 Å². The number of carboxylic acid groups (broad SMARTS) is 1. The van der Waals surface area contributed by atoms with Crippen molar-refractivity contribution in [3.8, 4) is 0 Å². The summed E-state index contributed by atoms with van der Waals surface area (Å²) >= 11 is 3.29. The lowest BCUT2D eigenvalue weighted by Gasteiger charge is -2.10. The van der Waals surface area contributed by atoms with E-state index in [0.29, 0.717) is 0 Å². The standard InChI is InChI=1S/C9H10BrNO2/c1-11-8(9(12)13)6-2-4-7(10)5-3-6/h2-5,8,11H,1H3,(H,12,13)/t8-/m1/s1. The number of hydrogen-bond donors (Lipinski definition) is 2. The Labute approximate surface area is 84.9 Å². The third kappa shape index (κ3) is 2.54. The number of aliphatic carboxylic acids is 1. The van der Waals surface area contributed by atoms with Gasteiger partial charge in [0.05, 0.1) is 0 Å². The number of likely N-dealkylation sites (N-methyl/N-ethyl adjacent to an activating group) is 1. The Morgan fingerprint density at radius 1 is 1.46 bits per heavy atom. The van der Waals surface area contributed by atoms with Gasteiger partial charge in [-0.2, -0.15) is 0 Å². The SMILES string of the molecule is CN[C@@H](C(=O)O)c1ccc(Br)cc1. The highest BCUT2D eigenvalue weighted by Crippen LogP contribution is 2.16. The average Bonchev–Trinajstić information content (AvgIpc) is 2.09. The van der Waals surface area contributed by atoms with Crippen LogP contribution in [0.15, 0.2) is 28.7 Å². The van der Waals surface area contributed by atoms with E-state index in [-0.39, 0.29) is 0 Å². The molecule has 2 N–H and O–H groups in total. The minimum absolute atomic E-state index is 0.631. The summed E-state index contributed by atoms with van der Waals surface area (Å²) in [5.74, 6) is -0.871. The van der Waals surface area contributed by atoms with Gasteiger partial charge in [-0.1, -0.05) is 28.1 Å². The molecular formula is C9H10BrNO2. The minimum Gasteiger partial charge on any atom is -0.480 e. The van der Waals surface area contributed by atoms with E-state index in [4.69, 9.17) is 5.11 Å². The second-order valence-electron chi connectivity index (χ2n) is 2.61. The molecule has 0 fully saturated rings. The van der Waals surface area contributed by atoms with Gasteiger partial charge in [-0.3, -0.25) is 4.79 Å². The zero-order chi connectivity index (χ0) is 9.84. The first kappa shape index (κ1) is 10.2. The molecule has 0 radical (unpaired) electrons. The van der Waals surface area contributed by atoms with Crippen LogP contribution in [0.2, 0.25) is 0 Å². The summed E-state index contributed by atoms with van der Waals surface area (Å²) in [6.07, 6.45) is 0. The average molecular weight is 244 g/mol. The molecule has 1 aromatic carbocycles. The van der Waals surface area contributed by atoms with Crippen LogP contribution in [0.25, 0.3) is 0 Å². The predicted octanol–water partition coefficient (Wildman–Crippen LogP) is 1.79. The number of nitrogens with one attached hydrogen (secondary N) is 1. The summed E-state index contributed by atoms with van der Waals surface area (Å²) < 4.78 is 0.941. The zero-order valence-corrected chi connectivity index (χ0v) is 8.71. The number of carboxylic acids is 1. The van der Waals surface area contributed by atoms with Gasteiger partial charge in [-0.05, 0) is 24.7 Å². The highest BCUT2D eigenvalue weighted by atomic mass is 79.9. The molecule has 0 bridgehead atoms. The van der Waals surface area contributed by atoms with Gasteiger partial charge in [0.2, 0.25) is 0 Å². The van der Waals surface area contributed by atoms with Crippen LogP contribution in [-0.2, 0) is 4.79 Å². The molecular weight excluding hydrogens is 234 g/mol. The first-order valence-corrected chi connectivity index (χ1v) is 4.60. The first-order valence-electron chi connectivity index (χ1n) is 3.80. The van der Waals surface area contributed by atoms with Crippen LogP contribution in [-0.4, -0.2) is 18.1 Å². The molecule has 0 saturated carbocycles. The van der Waals surface area contributed by atoms with Crippen LogP contribution in [0.3, 0.4) is 0 Å². The third-order valence-electron chi connectivity index (χ3n) is 1.74. The van der Waals surface area contributed by atoms with Gasteiger partial charge >= 0.3 is 5.97 Å². The molecule has 0 aliphatic heterocycles. The molecule has 0 heterocycles. The normalized spacial score (nSPS) is 12.5. The summed E-state index contributed by atoms with van der Waals surface area (Å²) in [7, 11) is 1.63. The molecule has 70 valence electrons. The van der Waals surface area contributed by atoms with Crippen molar-refractivity contribution in [3.63, 3.8) is 0 Å². The van der Waals surface area contributed by atoms with Crippen molar-refractivity contribution in [2.24, 2.45) is 0 Å². The van der Waals surface area contributed by atoms with Gasteiger partial charge in [0.25, 0.3) is 0 Å². The Bertz CT molecular complexity index is 297. The van der Waals surface area contributed by atoms with Crippen molar-refractivity contribution >= 4 is 21.9 Å². The number of halogens is 1. The van der Waals surface area contributed by atoms with E-state index in [2.05, 4.69) is 21.2 Å². The molecule has 1 atom stereocenters. The summed E-state index contributed by atoms with van der Waals surface area (Å²) in [6, 6.07) is 6.57.